The molecular weight excluding hydrogens is 364 g/mol. The molecule has 0 saturated carbocycles. The fourth-order valence-corrected chi connectivity index (χ4v) is 2.12. The highest BCUT2D eigenvalue weighted by Crippen LogP contribution is 2.25. The van der Waals surface area contributed by atoms with Crippen LogP contribution in [0.1, 0.15) is 12.8 Å². The maximum atomic E-state index is 11.8. The number of aliphatic carboxylic acids is 1. The van der Waals surface area contributed by atoms with Crippen LogP contribution in [-0.2, 0) is 9.53 Å². The van der Waals surface area contributed by atoms with Crippen molar-refractivity contribution in [2.24, 2.45) is 0 Å². The molecule has 0 heterocycles. The summed E-state index contributed by atoms with van der Waals surface area (Å²) in [6.45, 7) is 0.435. The van der Waals surface area contributed by atoms with Gasteiger partial charge in [-0.05, 0) is 31.0 Å². The summed E-state index contributed by atoms with van der Waals surface area (Å²) in [6.07, 6.45) is 0.814. The van der Waals surface area contributed by atoms with Gasteiger partial charge in [-0.25, -0.2) is 9.59 Å². The van der Waals surface area contributed by atoms with Gasteiger partial charge in [0.1, 0.15) is 6.04 Å². The van der Waals surface area contributed by atoms with Gasteiger partial charge in [0.25, 0.3) is 0 Å². The molecule has 116 valence electrons. The highest BCUT2D eigenvalue weighted by Gasteiger charge is 2.19. The maximum absolute atomic E-state index is 11.8. The Morgan fingerprint density at radius 2 is 2.19 bits per heavy atom. The average Bonchev–Trinajstić information content (AvgIpc) is 2.42. The summed E-state index contributed by atoms with van der Waals surface area (Å²) in [7, 11) is 1.53. The third-order valence-electron chi connectivity index (χ3n) is 2.62. The summed E-state index contributed by atoms with van der Waals surface area (Å²) >= 11 is 9.21. The van der Waals surface area contributed by atoms with E-state index in [4.69, 9.17) is 21.4 Å². The van der Waals surface area contributed by atoms with Crippen molar-refractivity contribution in [3.05, 3.63) is 27.7 Å². The Bertz CT molecular complexity index is 513. The van der Waals surface area contributed by atoms with Crippen molar-refractivity contribution in [1.82, 2.24) is 5.32 Å². The number of anilines is 1. The number of nitrogens with one attached hydrogen (secondary N) is 2. The van der Waals surface area contributed by atoms with Crippen LogP contribution in [0.5, 0.6) is 0 Å². The van der Waals surface area contributed by atoms with Gasteiger partial charge in [0.2, 0.25) is 0 Å². The Hall–Kier alpha value is -1.31. The number of rotatable bonds is 7. The summed E-state index contributed by atoms with van der Waals surface area (Å²) in [6, 6.07) is 3.37. The van der Waals surface area contributed by atoms with Crippen LogP contribution in [0.15, 0.2) is 22.7 Å². The van der Waals surface area contributed by atoms with E-state index in [1.54, 1.807) is 18.2 Å². The van der Waals surface area contributed by atoms with E-state index in [0.29, 0.717) is 23.7 Å². The number of urea groups is 1. The van der Waals surface area contributed by atoms with Gasteiger partial charge in [-0.15, -0.1) is 0 Å². The van der Waals surface area contributed by atoms with Crippen molar-refractivity contribution in [2.45, 2.75) is 18.9 Å². The summed E-state index contributed by atoms with van der Waals surface area (Å²) in [5, 5.41) is 14.3. The predicted octanol–water partition coefficient (Wildman–Crippen LogP) is 3.10. The highest BCUT2D eigenvalue weighted by molar-refractivity contribution is 9.10. The van der Waals surface area contributed by atoms with Crippen LogP contribution in [0, 0.1) is 0 Å². The smallest absolute Gasteiger partial charge is 0.326 e. The van der Waals surface area contributed by atoms with Gasteiger partial charge >= 0.3 is 12.0 Å². The van der Waals surface area contributed by atoms with Crippen molar-refractivity contribution in [3.63, 3.8) is 0 Å². The molecule has 21 heavy (non-hydrogen) atoms. The van der Waals surface area contributed by atoms with Crippen LogP contribution < -0.4 is 10.6 Å². The van der Waals surface area contributed by atoms with Gasteiger partial charge in [-0.2, -0.15) is 0 Å². The molecule has 0 aliphatic heterocycles. The largest absolute Gasteiger partial charge is 0.480 e. The summed E-state index contributed by atoms with van der Waals surface area (Å²) < 4.78 is 5.60. The molecule has 0 bridgehead atoms. The molecule has 0 radical (unpaired) electrons. The van der Waals surface area contributed by atoms with Crippen LogP contribution in [0.4, 0.5) is 10.5 Å². The number of carboxylic acid groups (broad SMARTS) is 1. The van der Waals surface area contributed by atoms with Crippen molar-refractivity contribution < 1.29 is 19.4 Å². The molecule has 0 aliphatic rings. The molecule has 1 aromatic rings. The molecule has 1 atom stereocenters. The Kier molecular flexibility index (Phi) is 7.49. The van der Waals surface area contributed by atoms with E-state index in [-0.39, 0.29) is 6.42 Å². The second-order valence-electron chi connectivity index (χ2n) is 4.25. The lowest BCUT2D eigenvalue weighted by molar-refractivity contribution is -0.139. The van der Waals surface area contributed by atoms with Crippen molar-refractivity contribution in [3.8, 4) is 0 Å². The molecule has 8 heteroatoms. The van der Waals surface area contributed by atoms with E-state index >= 15 is 0 Å². The van der Waals surface area contributed by atoms with Crippen molar-refractivity contribution in [2.75, 3.05) is 19.0 Å². The molecule has 0 saturated heterocycles. The number of halogens is 2. The van der Waals surface area contributed by atoms with Gasteiger partial charge in [0.15, 0.2) is 0 Å². The molecule has 1 aromatic carbocycles. The van der Waals surface area contributed by atoms with E-state index in [1.165, 1.54) is 7.11 Å². The normalized spacial score (nSPS) is 11.8. The van der Waals surface area contributed by atoms with Crippen LogP contribution in [0.2, 0.25) is 5.02 Å². The zero-order valence-corrected chi connectivity index (χ0v) is 13.7. The first-order valence-corrected chi connectivity index (χ1v) is 7.35. The summed E-state index contributed by atoms with van der Waals surface area (Å²) in [5.41, 5.74) is 0.393. The minimum Gasteiger partial charge on any atom is -0.480 e. The Morgan fingerprint density at radius 3 is 2.81 bits per heavy atom. The highest BCUT2D eigenvalue weighted by atomic mass is 79.9. The molecule has 3 N–H and O–H groups in total. The SMILES string of the molecule is COCCCC(NC(=O)Nc1cc(Br)ccc1Cl)C(=O)O. The first kappa shape index (κ1) is 17.7. The Labute approximate surface area is 135 Å². The molecule has 0 aromatic heterocycles. The van der Waals surface area contributed by atoms with Gasteiger partial charge in [-0.3, -0.25) is 0 Å². The molecule has 0 fully saturated rings. The second-order valence-corrected chi connectivity index (χ2v) is 5.57. The number of amides is 2. The quantitative estimate of drug-likeness (QED) is 0.635. The summed E-state index contributed by atoms with van der Waals surface area (Å²) in [4.78, 5) is 22.9. The molecule has 6 nitrogen and oxygen atoms in total. The standard InChI is InChI=1S/C13H16BrClN2O4/c1-21-6-2-3-10(12(18)19)16-13(20)17-11-7-8(14)4-5-9(11)15/h4-5,7,10H,2-3,6H2,1H3,(H,18,19)(H2,16,17,20). The Morgan fingerprint density at radius 1 is 1.48 bits per heavy atom. The van der Waals surface area contributed by atoms with Crippen LogP contribution >= 0.6 is 27.5 Å². The predicted molar refractivity (Wildman–Crippen MR) is 83.8 cm³/mol. The monoisotopic (exact) mass is 378 g/mol. The lowest BCUT2D eigenvalue weighted by Crippen LogP contribution is -2.43. The number of ether oxygens (including phenoxy) is 1. The first-order chi connectivity index (χ1) is 9.93. The van der Waals surface area contributed by atoms with Crippen LogP contribution in [0.3, 0.4) is 0 Å². The van der Waals surface area contributed by atoms with E-state index < -0.39 is 18.0 Å². The van der Waals surface area contributed by atoms with Gasteiger partial charge < -0.3 is 20.5 Å². The number of carbonyl (C=O) groups excluding carboxylic acids is 1. The lowest BCUT2D eigenvalue weighted by Gasteiger charge is -2.15. The fourth-order valence-electron chi connectivity index (χ4n) is 1.60. The van der Waals surface area contributed by atoms with Crippen LogP contribution in [-0.4, -0.2) is 36.9 Å². The minimum absolute atomic E-state index is 0.281. The minimum atomic E-state index is -1.10. The number of methoxy groups -OCH3 is 1. The molecule has 0 spiro atoms. The number of carboxylic acids is 1. The molecular formula is C13H16BrClN2O4. The topological polar surface area (TPSA) is 87.7 Å². The molecule has 0 aliphatic carbocycles. The molecule has 2 amide bonds. The van der Waals surface area contributed by atoms with Crippen molar-refractivity contribution in [1.29, 1.82) is 0 Å². The van der Waals surface area contributed by atoms with E-state index in [1.807, 2.05) is 0 Å². The summed E-state index contributed by atoms with van der Waals surface area (Å²) in [5.74, 6) is -1.10. The zero-order valence-electron chi connectivity index (χ0n) is 11.4. The average molecular weight is 380 g/mol. The van der Waals surface area contributed by atoms with Crippen molar-refractivity contribution >= 4 is 45.2 Å². The number of benzene rings is 1. The van der Waals surface area contributed by atoms with E-state index in [2.05, 4.69) is 26.6 Å². The van der Waals surface area contributed by atoms with Gasteiger partial charge in [-0.1, -0.05) is 27.5 Å². The van der Waals surface area contributed by atoms with Gasteiger partial charge in [0, 0.05) is 18.2 Å². The number of hydrogen-bond donors (Lipinski definition) is 3. The van der Waals surface area contributed by atoms with E-state index in [0.717, 1.165) is 4.47 Å². The molecule has 1 rings (SSSR count). The number of carbonyl (C=O) groups is 2. The third-order valence-corrected chi connectivity index (χ3v) is 3.44. The van der Waals surface area contributed by atoms with Gasteiger partial charge in [0.05, 0.1) is 10.7 Å². The molecule has 1 unspecified atom stereocenters. The van der Waals surface area contributed by atoms with Crippen LogP contribution in [0.25, 0.3) is 0 Å². The lowest BCUT2D eigenvalue weighted by atomic mass is 10.1. The fraction of sp³-hybridized carbons (Fsp3) is 0.385. The zero-order chi connectivity index (χ0) is 15.8. The first-order valence-electron chi connectivity index (χ1n) is 6.18. The third kappa shape index (κ3) is 6.33. The maximum Gasteiger partial charge on any atom is 0.326 e. The number of hydrogen-bond acceptors (Lipinski definition) is 3. The second kappa shape index (κ2) is 8.86. The van der Waals surface area contributed by atoms with E-state index in [9.17, 15) is 9.59 Å². The Balaban J connectivity index is 2.61.